The second-order valence-corrected chi connectivity index (χ2v) is 19.5. The van der Waals surface area contributed by atoms with Crippen molar-refractivity contribution in [2.24, 2.45) is 17.8 Å². The quantitative estimate of drug-likeness (QED) is 0.159. The third-order valence-corrected chi connectivity index (χ3v) is 15.7. The number of fused-ring (bicyclic) bond motifs is 7. The summed E-state index contributed by atoms with van der Waals surface area (Å²) < 4.78 is 9.15. The maximum absolute atomic E-state index is 6.60. The van der Waals surface area contributed by atoms with Gasteiger partial charge in [-0.1, -0.05) is 140 Å². The van der Waals surface area contributed by atoms with Gasteiger partial charge in [0.05, 0.1) is 22.1 Å². The van der Waals surface area contributed by atoms with Crippen LogP contribution in [0.4, 0.5) is 17.1 Å². The van der Waals surface area contributed by atoms with E-state index in [4.69, 9.17) is 4.42 Å². The first-order valence-electron chi connectivity index (χ1n) is 23.7. The minimum atomic E-state index is 0.307. The van der Waals surface area contributed by atoms with Gasteiger partial charge in [-0.15, -0.1) is 0 Å². The van der Waals surface area contributed by atoms with Gasteiger partial charge >= 0.3 is 0 Å². The minimum Gasteiger partial charge on any atom is -0.456 e. The van der Waals surface area contributed by atoms with E-state index in [1.165, 1.54) is 99.0 Å². The largest absolute Gasteiger partial charge is 0.456 e. The van der Waals surface area contributed by atoms with Crippen molar-refractivity contribution in [3.8, 4) is 27.9 Å². The van der Waals surface area contributed by atoms with Gasteiger partial charge in [0.2, 0.25) is 0 Å². The number of para-hydroxylation sites is 2. The first kappa shape index (κ1) is 37.1. The van der Waals surface area contributed by atoms with Gasteiger partial charge in [-0.2, -0.15) is 0 Å². The molecule has 4 aliphatic carbocycles. The van der Waals surface area contributed by atoms with Crippen molar-refractivity contribution in [1.82, 2.24) is 4.57 Å². The number of rotatable bonds is 7. The number of aromatic nitrogens is 1. The summed E-state index contributed by atoms with van der Waals surface area (Å²) in [5.41, 5.74) is 15.4. The minimum absolute atomic E-state index is 0.307. The van der Waals surface area contributed by atoms with Gasteiger partial charge in [0, 0.05) is 33.2 Å². The summed E-state index contributed by atoms with van der Waals surface area (Å²) in [4.78, 5) is 2.48. The second kappa shape index (κ2) is 14.3. The second-order valence-electron chi connectivity index (χ2n) is 19.5. The summed E-state index contributed by atoms with van der Waals surface area (Å²) in [7, 11) is 0. The maximum Gasteiger partial charge on any atom is 0.137 e. The Kier molecular flexibility index (Phi) is 8.17. The highest BCUT2D eigenvalue weighted by molar-refractivity contribution is 6.16. The van der Waals surface area contributed by atoms with E-state index in [1.807, 2.05) is 0 Å². The van der Waals surface area contributed by atoms with Crippen LogP contribution in [-0.2, 0) is 5.41 Å². The zero-order valence-electron chi connectivity index (χ0n) is 36.3. The van der Waals surface area contributed by atoms with Crippen molar-refractivity contribution >= 4 is 71.6 Å². The van der Waals surface area contributed by atoms with Gasteiger partial charge < -0.3 is 13.9 Å². The Bertz CT molecular complexity index is 3600. The first-order valence-corrected chi connectivity index (χ1v) is 23.7. The van der Waals surface area contributed by atoms with Crippen LogP contribution in [-0.4, -0.2) is 4.57 Å². The van der Waals surface area contributed by atoms with E-state index >= 15 is 0 Å². The van der Waals surface area contributed by atoms with Crippen molar-refractivity contribution in [2.75, 3.05) is 4.90 Å². The smallest absolute Gasteiger partial charge is 0.137 e. The molecular weight excluding hydrogens is 789 g/mol. The number of benzene rings is 9. The van der Waals surface area contributed by atoms with Crippen LogP contribution in [0.1, 0.15) is 44.1 Å². The van der Waals surface area contributed by atoms with Gasteiger partial charge in [-0.05, 0) is 161 Å². The van der Waals surface area contributed by atoms with Crippen LogP contribution in [0.15, 0.2) is 205 Å². The van der Waals surface area contributed by atoms with Gasteiger partial charge in [0.25, 0.3) is 0 Å². The molecule has 0 radical (unpaired) electrons. The normalized spacial score (nSPS) is 20.2. The van der Waals surface area contributed by atoms with E-state index in [0.717, 1.165) is 56.8 Å². The molecular formula is C62H48N2O. The number of furan rings is 1. The predicted molar refractivity (Wildman–Crippen MR) is 271 cm³/mol. The SMILES string of the molecule is c1ccc(-c2cccc3cc(N(c4ccc5c6ccc(C78CC9CC(CC(C9)C7)C8)cc6n(-c6ccccc6)c5c4)c4cccc5oc6ccccc6c45)cc(-c4ccccc4)c23)cc1. The van der Waals surface area contributed by atoms with E-state index in [2.05, 4.69) is 210 Å². The molecule has 0 atom stereocenters. The Morgan fingerprint density at radius 1 is 0.446 bits per heavy atom. The fourth-order valence-electron chi connectivity index (χ4n) is 13.4. The number of anilines is 3. The lowest BCUT2D eigenvalue weighted by Crippen LogP contribution is -2.48. The molecule has 0 unspecified atom stereocenters. The van der Waals surface area contributed by atoms with Crippen LogP contribution >= 0.6 is 0 Å². The van der Waals surface area contributed by atoms with Gasteiger partial charge in [0.1, 0.15) is 11.2 Å². The lowest BCUT2D eigenvalue weighted by molar-refractivity contribution is -0.00513. The summed E-state index contributed by atoms with van der Waals surface area (Å²) in [5, 5.41) is 7.22. The van der Waals surface area contributed by atoms with Crippen LogP contribution < -0.4 is 4.90 Å². The molecule has 2 heterocycles. The molecule has 0 N–H and O–H groups in total. The average Bonchev–Trinajstić information content (AvgIpc) is 3.90. The van der Waals surface area contributed by atoms with E-state index in [1.54, 1.807) is 5.56 Å². The molecule has 3 heteroatoms. The van der Waals surface area contributed by atoms with Crippen LogP contribution in [0.5, 0.6) is 0 Å². The first-order chi connectivity index (χ1) is 32.1. The molecule has 15 rings (SSSR count). The summed E-state index contributed by atoms with van der Waals surface area (Å²) in [6.07, 6.45) is 8.41. The zero-order chi connectivity index (χ0) is 42.6. The standard InChI is InChI=1S/C62H48N2O/c1-4-14-43(15-5-1)50-22-12-18-45-33-49(35-54(60(45)50)44-16-6-2-7-17-44)63(55-23-13-25-59-61(55)53-21-10-11-24-58(53)65-59)48-27-29-52-51-28-26-46(62-37-40-30-41(38-62)32-42(31-40)39-62)34-56(51)64(57(52)36-48)47-19-8-3-9-20-47/h1-29,33-36,40-42H,30-32,37-39H2. The third kappa shape index (κ3) is 5.81. The molecule has 0 spiro atoms. The fraction of sp³-hybridized carbons (Fsp3) is 0.161. The van der Waals surface area contributed by atoms with Gasteiger partial charge in [0.15, 0.2) is 0 Å². The highest BCUT2D eigenvalue weighted by Crippen LogP contribution is 2.61. The van der Waals surface area contributed by atoms with Gasteiger partial charge in [-0.3, -0.25) is 0 Å². The lowest BCUT2D eigenvalue weighted by Gasteiger charge is -2.57. The van der Waals surface area contributed by atoms with Gasteiger partial charge in [-0.25, -0.2) is 0 Å². The Morgan fingerprint density at radius 3 is 1.80 bits per heavy atom. The summed E-state index contributed by atoms with van der Waals surface area (Å²) in [6.45, 7) is 0. The number of hydrogen-bond donors (Lipinski definition) is 0. The Balaban J connectivity index is 1.04. The lowest BCUT2D eigenvalue weighted by atomic mass is 9.48. The van der Waals surface area contributed by atoms with Crippen molar-refractivity contribution < 1.29 is 4.42 Å². The summed E-state index contributed by atoms with van der Waals surface area (Å²) >= 11 is 0. The maximum atomic E-state index is 6.60. The third-order valence-electron chi connectivity index (χ3n) is 15.7. The topological polar surface area (TPSA) is 21.3 Å². The van der Waals surface area contributed by atoms with Crippen LogP contribution in [0.25, 0.3) is 82.5 Å². The highest BCUT2D eigenvalue weighted by atomic mass is 16.3. The van der Waals surface area contributed by atoms with E-state index < -0.39 is 0 Å². The van der Waals surface area contributed by atoms with Crippen molar-refractivity contribution in [3.05, 3.63) is 206 Å². The van der Waals surface area contributed by atoms with E-state index in [9.17, 15) is 0 Å². The Morgan fingerprint density at radius 2 is 1.06 bits per heavy atom. The molecule has 4 saturated carbocycles. The molecule has 65 heavy (non-hydrogen) atoms. The molecule has 0 amide bonds. The molecule has 11 aromatic rings. The van der Waals surface area contributed by atoms with E-state index in [0.29, 0.717) is 5.41 Å². The molecule has 0 aliphatic heterocycles. The Hall–Kier alpha value is -7.36. The van der Waals surface area contributed by atoms with Crippen molar-refractivity contribution in [1.29, 1.82) is 0 Å². The van der Waals surface area contributed by atoms with Crippen LogP contribution in [0, 0.1) is 17.8 Å². The van der Waals surface area contributed by atoms with Crippen LogP contribution in [0.2, 0.25) is 0 Å². The molecule has 0 saturated heterocycles. The summed E-state index contributed by atoms with van der Waals surface area (Å²) in [6, 6.07) is 74.1. The van der Waals surface area contributed by atoms with E-state index in [-0.39, 0.29) is 0 Å². The molecule has 2 aromatic heterocycles. The average molecular weight is 837 g/mol. The number of hydrogen-bond acceptors (Lipinski definition) is 2. The molecule has 9 aromatic carbocycles. The fourth-order valence-corrected chi connectivity index (χ4v) is 13.4. The van der Waals surface area contributed by atoms with Crippen LogP contribution in [0.3, 0.4) is 0 Å². The Labute approximate surface area is 379 Å². The zero-order valence-corrected chi connectivity index (χ0v) is 36.3. The molecule has 4 fully saturated rings. The predicted octanol–water partition coefficient (Wildman–Crippen LogP) is 17.1. The summed E-state index contributed by atoms with van der Waals surface area (Å²) in [5.74, 6) is 2.68. The van der Waals surface area contributed by atoms with Crippen molar-refractivity contribution in [3.63, 3.8) is 0 Å². The molecule has 4 aliphatic rings. The molecule has 4 bridgehead atoms. The monoisotopic (exact) mass is 836 g/mol. The van der Waals surface area contributed by atoms with Crippen molar-refractivity contribution in [2.45, 2.75) is 43.9 Å². The highest BCUT2D eigenvalue weighted by Gasteiger charge is 2.51. The number of nitrogens with zero attached hydrogens (tertiary/aromatic N) is 2. The molecule has 3 nitrogen and oxygen atoms in total. The molecule has 312 valence electrons.